The predicted octanol–water partition coefficient (Wildman–Crippen LogP) is 0.843. The van der Waals surface area contributed by atoms with Crippen molar-refractivity contribution in [3.05, 3.63) is 27.7 Å². The van der Waals surface area contributed by atoms with Crippen molar-refractivity contribution in [2.75, 3.05) is 0 Å². The van der Waals surface area contributed by atoms with Gasteiger partial charge in [0.25, 0.3) is 5.56 Å². The van der Waals surface area contributed by atoms with Gasteiger partial charge in [0.1, 0.15) is 0 Å². The van der Waals surface area contributed by atoms with E-state index in [1.807, 2.05) is 0 Å². The summed E-state index contributed by atoms with van der Waals surface area (Å²) in [5, 5.41) is 12.9. The molecule has 1 aromatic heterocycles. The summed E-state index contributed by atoms with van der Waals surface area (Å²) in [5.41, 5.74) is 1.78. The van der Waals surface area contributed by atoms with E-state index in [9.17, 15) is 9.59 Å². The zero-order valence-corrected chi connectivity index (χ0v) is 9.85. The number of carboxylic acid groups (broad SMARTS) is 1. The summed E-state index contributed by atoms with van der Waals surface area (Å²) in [7, 11) is 0. The fraction of sp³-hybridized carbons (Fsp3) is 0.583. The van der Waals surface area contributed by atoms with Gasteiger partial charge >= 0.3 is 5.97 Å². The van der Waals surface area contributed by atoms with E-state index in [0.717, 1.165) is 30.5 Å². The van der Waals surface area contributed by atoms with Crippen LogP contribution in [-0.2, 0) is 24.2 Å². The smallest absolute Gasteiger partial charge is 0.305 e. The SMILES string of the molecule is C[C@@H]1CCc2nn(CCC(=O)O)c(=O)cc2C1. The summed E-state index contributed by atoms with van der Waals surface area (Å²) < 4.78 is 1.27. The lowest BCUT2D eigenvalue weighted by Gasteiger charge is -2.20. The fourth-order valence-electron chi connectivity index (χ4n) is 2.18. The predicted molar refractivity (Wildman–Crippen MR) is 61.9 cm³/mol. The van der Waals surface area contributed by atoms with Gasteiger partial charge in [-0.15, -0.1) is 0 Å². The molecule has 0 fully saturated rings. The lowest BCUT2D eigenvalue weighted by molar-refractivity contribution is -0.137. The van der Waals surface area contributed by atoms with E-state index in [1.54, 1.807) is 6.07 Å². The van der Waals surface area contributed by atoms with Gasteiger partial charge in [0, 0.05) is 6.07 Å². The number of aliphatic carboxylic acids is 1. The van der Waals surface area contributed by atoms with Gasteiger partial charge in [-0.25, -0.2) is 4.68 Å². The van der Waals surface area contributed by atoms with E-state index in [1.165, 1.54) is 4.68 Å². The second kappa shape index (κ2) is 4.69. The van der Waals surface area contributed by atoms with Gasteiger partial charge in [-0.2, -0.15) is 5.10 Å². The molecule has 5 heteroatoms. The van der Waals surface area contributed by atoms with Gasteiger partial charge in [0.2, 0.25) is 0 Å². The number of hydrogen-bond donors (Lipinski definition) is 1. The quantitative estimate of drug-likeness (QED) is 0.844. The highest BCUT2D eigenvalue weighted by Gasteiger charge is 2.18. The molecule has 92 valence electrons. The number of aryl methyl sites for hydroxylation is 2. The molecule has 2 rings (SSSR count). The Balaban J connectivity index is 2.25. The Morgan fingerprint density at radius 2 is 2.41 bits per heavy atom. The first-order valence-electron chi connectivity index (χ1n) is 5.88. The average Bonchev–Trinajstić information content (AvgIpc) is 2.26. The van der Waals surface area contributed by atoms with Crippen molar-refractivity contribution in [2.45, 2.75) is 39.2 Å². The van der Waals surface area contributed by atoms with E-state index in [2.05, 4.69) is 12.0 Å². The zero-order chi connectivity index (χ0) is 12.4. The minimum Gasteiger partial charge on any atom is -0.481 e. The van der Waals surface area contributed by atoms with E-state index in [-0.39, 0.29) is 18.5 Å². The first-order valence-corrected chi connectivity index (χ1v) is 5.88. The Hall–Kier alpha value is -1.65. The van der Waals surface area contributed by atoms with Gasteiger partial charge in [-0.1, -0.05) is 6.92 Å². The van der Waals surface area contributed by atoms with Crippen molar-refractivity contribution in [1.29, 1.82) is 0 Å². The zero-order valence-electron chi connectivity index (χ0n) is 9.85. The number of carbonyl (C=O) groups is 1. The Kier molecular flexibility index (Phi) is 3.26. The highest BCUT2D eigenvalue weighted by atomic mass is 16.4. The van der Waals surface area contributed by atoms with Crippen LogP contribution in [0.1, 0.15) is 31.0 Å². The number of rotatable bonds is 3. The topological polar surface area (TPSA) is 72.2 Å². The van der Waals surface area contributed by atoms with E-state index in [4.69, 9.17) is 5.11 Å². The van der Waals surface area contributed by atoms with Crippen LogP contribution in [-0.4, -0.2) is 20.9 Å². The molecule has 5 nitrogen and oxygen atoms in total. The van der Waals surface area contributed by atoms with Gasteiger partial charge < -0.3 is 5.11 Å². The highest BCUT2D eigenvalue weighted by Crippen LogP contribution is 2.22. The fourth-order valence-corrected chi connectivity index (χ4v) is 2.18. The van der Waals surface area contributed by atoms with Crippen LogP contribution in [0, 0.1) is 5.92 Å². The Morgan fingerprint density at radius 1 is 1.65 bits per heavy atom. The number of carboxylic acids is 1. The maximum Gasteiger partial charge on any atom is 0.305 e. The van der Waals surface area contributed by atoms with E-state index >= 15 is 0 Å². The van der Waals surface area contributed by atoms with Crippen LogP contribution >= 0.6 is 0 Å². The van der Waals surface area contributed by atoms with Crippen molar-refractivity contribution < 1.29 is 9.90 Å². The van der Waals surface area contributed by atoms with Crippen LogP contribution in [0.2, 0.25) is 0 Å². The highest BCUT2D eigenvalue weighted by molar-refractivity contribution is 5.66. The van der Waals surface area contributed by atoms with Crippen molar-refractivity contribution in [1.82, 2.24) is 9.78 Å². The number of nitrogens with zero attached hydrogens (tertiary/aromatic N) is 2. The third kappa shape index (κ3) is 2.72. The number of hydrogen-bond acceptors (Lipinski definition) is 3. The maximum atomic E-state index is 11.7. The number of fused-ring (bicyclic) bond motifs is 1. The maximum absolute atomic E-state index is 11.7. The van der Waals surface area contributed by atoms with Crippen molar-refractivity contribution in [3.63, 3.8) is 0 Å². The van der Waals surface area contributed by atoms with Gasteiger partial charge in [-0.3, -0.25) is 9.59 Å². The molecule has 1 N–H and O–H groups in total. The van der Waals surface area contributed by atoms with Crippen LogP contribution in [0.25, 0.3) is 0 Å². The molecule has 1 aromatic rings. The van der Waals surface area contributed by atoms with Crippen LogP contribution in [0.5, 0.6) is 0 Å². The van der Waals surface area contributed by atoms with Gasteiger partial charge in [0.05, 0.1) is 18.7 Å². The molecule has 0 saturated heterocycles. The normalized spacial score (nSPS) is 18.8. The largest absolute Gasteiger partial charge is 0.481 e. The minimum absolute atomic E-state index is 0.0674. The lowest BCUT2D eigenvalue weighted by atomic mass is 9.88. The van der Waals surface area contributed by atoms with Crippen LogP contribution in [0.4, 0.5) is 0 Å². The second-order valence-electron chi connectivity index (χ2n) is 4.67. The molecule has 17 heavy (non-hydrogen) atoms. The summed E-state index contributed by atoms with van der Waals surface area (Å²) in [6.45, 7) is 2.32. The summed E-state index contributed by atoms with van der Waals surface area (Å²) >= 11 is 0. The standard InChI is InChI=1S/C12H16N2O3/c1-8-2-3-10-9(6-8)7-11(15)14(13-10)5-4-12(16)17/h7-8H,2-6H2,1H3,(H,16,17)/t8-/m1/s1. The molecule has 1 heterocycles. The van der Waals surface area contributed by atoms with Gasteiger partial charge in [0.15, 0.2) is 0 Å². The molecule has 0 aromatic carbocycles. The molecule has 0 amide bonds. The Labute approximate surface area is 99.1 Å². The van der Waals surface area contributed by atoms with Gasteiger partial charge in [-0.05, 0) is 30.7 Å². The molecule has 0 saturated carbocycles. The summed E-state index contributed by atoms with van der Waals surface area (Å²) in [6.07, 6.45) is 2.79. The molecule has 0 aliphatic heterocycles. The van der Waals surface area contributed by atoms with Crippen LogP contribution in [0.15, 0.2) is 10.9 Å². The summed E-state index contributed by atoms with van der Waals surface area (Å²) in [5.74, 6) is -0.316. The van der Waals surface area contributed by atoms with Crippen LogP contribution < -0.4 is 5.56 Å². The average molecular weight is 236 g/mol. The second-order valence-corrected chi connectivity index (χ2v) is 4.67. The van der Waals surface area contributed by atoms with E-state index in [0.29, 0.717) is 5.92 Å². The summed E-state index contributed by atoms with van der Waals surface area (Å²) in [6, 6.07) is 1.61. The van der Waals surface area contributed by atoms with Crippen molar-refractivity contribution >= 4 is 5.97 Å². The van der Waals surface area contributed by atoms with Crippen molar-refractivity contribution in [2.24, 2.45) is 5.92 Å². The first-order chi connectivity index (χ1) is 8.06. The molecule has 1 aliphatic carbocycles. The van der Waals surface area contributed by atoms with E-state index < -0.39 is 5.97 Å². The monoisotopic (exact) mass is 236 g/mol. The molecular weight excluding hydrogens is 220 g/mol. The molecular formula is C12H16N2O3. The lowest BCUT2D eigenvalue weighted by Crippen LogP contribution is -2.28. The Bertz CT molecular complexity index is 493. The molecule has 0 spiro atoms. The van der Waals surface area contributed by atoms with Crippen molar-refractivity contribution in [3.8, 4) is 0 Å². The minimum atomic E-state index is -0.912. The third-order valence-electron chi connectivity index (χ3n) is 3.14. The van der Waals surface area contributed by atoms with Crippen LogP contribution in [0.3, 0.4) is 0 Å². The first kappa shape index (κ1) is 11.8. The number of aromatic nitrogens is 2. The molecule has 1 atom stereocenters. The molecule has 0 radical (unpaired) electrons. The molecule has 0 unspecified atom stereocenters. The Morgan fingerprint density at radius 3 is 3.12 bits per heavy atom. The molecule has 1 aliphatic rings. The molecule has 0 bridgehead atoms. The third-order valence-corrected chi connectivity index (χ3v) is 3.14. The summed E-state index contributed by atoms with van der Waals surface area (Å²) in [4.78, 5) is 22.2.